The molecule has 0 aromatic heterocycles. The molecule has 0 N–H and O–H groups in total. The molecular weight excluding hydrogens is 110 g/mol. The van der Waals surface area contributed by atoms with Gasteiger partial charge in [0.25, 0.3) is 0 Å². The Hall–Kier alpha value is -0.300. The monoisotopic (exact) mass is 125 g/mol. The second-order valence-corrected chi connectivity index (χ2v) is 3.16. The van der Waals surface area contributed by atoms with E-state index >= 15 is 0 Å². The first kappa shape index (κ1) is 6.81. The lowest BCUT2D eigenvalue weighted by atomic mass is 9.80. The summed E-state index contributed by atoms with van der Waals surface area (Å²) in [6.07, 6.45) is 2.62. The molecule has 1 unspecified atom stereocenters. The first-order chi connectivity index (χ1) is 4.20. The minimum absolute atomic E-state index is 0.806. The average molecular weight is 125 g/mol. The van der Waals surface area contributed by atoms with Crippen LogP contribution in [0.2, 0.25) is 0 Å². The van der Waals surface area contributed by atoms with Crippen molar-refractivity contribution in [2.75, 3.05) is 20.6 Å². The van der Waals surface area contributed by atoms with Crippen LogP contribution in [0.15, 0.2) is 12.2 Å². The third-order valence-electron chi connectivity index (χ3n) is 1.98. The molecule has 1 aliphatic carbocycles. The molecule has 0 bridgehead atoms. The lowest BCUT2D eigenvalue weighted by molar-refractivity contribution is 0.299. The van der Waals surface area contributed by atoms with E-state index in [-0.39, 0.29) is 0 Å². The average Bonchev–Trinajstić information content (AvgIpc) is 1.79. The summed E-state index contributed by atoms with van der Waals surface area (Å²) >= 11 is 0. The van der Waals surface area contributed by atoms with Gasteiger partial charge < -0.3 is 4.90 Å². The second-order valence-electron chi connectivity index (χ2n) is 3.16. The summed E-state index contributed by atoms with van der Waals surface area (Å²) in [5, 5.41) is 0. The van der Waals surface area contributed by atoms with Crippen LogP contribution >= 0.6 is 0 Å². The lowest BCUT2D eigenvalue weighted by Crippen LogP contribution is -2.28. The topological polar surface area (TPSA) is 3.24 Å². The van der Waals surface area contributed by atoms with Gasteiger partial charge in [-0.3, -0.25) is 0 Å². The largest absolute Gasteiger partial charge is 0.309 e. The van der Waals surface area contributed by atoms with Gasteiger partial charge in [0, 0.05) is 6.54 Å². The van der Waals surface area contributed by atoms with Crippen molar-refractivity contribution in [2.45, 2.75) is 12.8 Å². The summed E-state index contributed by atoms with van der Waals surface area (Å²) in [5.74, 6) is 0.806. The zero-order chi connectivity index (χ0) is 6.85. The molecule has 0 spiro atoms. The molecule has 1 heteroatoms. The van der Waals surface area contributed by atoms with Crippen LogP contribution in [0.1, 0.15) is 12.8 Å². The molecule has 9 heavy (non-hydrogen) atoms. The van der Waals surface area contributed by atoms with Crippen molar-refractivity contribution in [3.05, 3.63) is 12.2 Å². The van der Waals surface area contributed by atoms with E-state index in [9.17, 15) is 0 Å². The van der Waals surface area contributed by atoms with E-state index in [1.54, 1.807) is 0 Å². The lowest BCUT2D eigenvalue weighted by Gasteiger charge is -2.31. The SMILES string of the molecule is C=C1CCC1CN(C)C. The first-order valence-electron chi connectivity index (χ1n) is 3.52. The van der Waals surface area contributed by atoms with Gasteiger partial charge in [-0.05, 0) is 32.9 Å². The highest BCUT2D eigenvalue weighted by Gasteiger charge is 2.21. The van der Waals surface area contributed by atoms with E-state index in [2.05, 4.69) is 25.6 Å². The number of hydrogen-bond acceptors (Lipinski definition) is 1. The highest BCUT2D eigenvalue weighted by molar-refractivity contribution is 5.10. The van der Waals surface area contributed by atoms with Crippen LogP contribution in [0.25, 0.3) is 0 Å². The smallest absolute Gasteiger partial charge is 0.00409 e. The van der Waals surface area contributed by atoms with Gasteiger partial charge >= 0.3 is 0 Å². The highest BCUT2D eigenvalue weighted by atomic mass is 15.1. The van der Waals surface area contributed by atoms with Crippen molar-refractivity contribution in [3.8, 4) is 0 Å². The van der Waals surface area contributed by atoms with Gasteiger partial charge in [-0.15, -0.1) is 0 Å². The number of nitrogens with zero attached hydrogens (tertiary/aromatic N) is 1. The van der Waals surface area contributed by atoms with Gasteiger partial charge in [-0.25, -0.2) is 0 Å². The minimum Gasteiger partial charge on any atom is -0.309 e. The molecule has 0 aliphatic heterocycles. The zero-order valence-corrected chi connectivity index (χ0v) is 6.35. The fourth-order valence-corrected chi connectivity index (χ4v) is 1.21. The molecule has 1 nitrogen and oxygen atoms in total. The molecule has 0 aromatic rings. The molecule has 1 fully saturated rings. The van der Waals surface area contributed by atoms with Crippen molar-refractivity contribution in [1.29, 1.82) is 0 Å². The third kappa shape index (κ3) is 1.55. The van der Waals surface area contributed by atoms with E-state index in [1.807, 2.05) is 0 Å². The van der Waals surface area contributed by atoms with Crippen molar-refractivity contribution in [1.82, 2.24) is 4.90 Å². The molecule has 0 radical (unpaired) electrons. The van der Waals surface area contributed by atoms with E-state index in [1.165, 1.54) is 25.0 Å². The summed E-state index contributed by atoms with van der Waals surface area (Å²) in [4.78, 5) is 2.23. The summed E-state index contributed by atoms with van der Waals surface area (Å²) < 4.78 is 0. The van der Waals surface area contributed by atoms with Gasteiger partial charge in [0.2, 0.25) is 0 Å². The van der Waals surface area contributed by atoms with Gasteiger partial charge in [-0.2, -0.15) is 0 Å². The second kappa shape index (κ2) is 2.53. The number of rotatable bonds is 2. The fourth-order valence-electron chi connectivity index (χ4n) is 1.21. The maximum Gasteiger partial charge on any atom is 0.00409 e. The predicted molar refractivity (Wildman–Crippen MR) is 40.4 cm³/mol. The standard InChI is InChI=1S/C8H15N/c1-7-4-5-8(7)6-9(2)3/h8H,1,4-6H2,2-3H3. The summed E-state index contributed by atoms with van der Waals surface area (Å²) in [6.45, 7) is 5.16. The highest BCUT2D eigenvalue weighted by Crippen LogP contribution is 2.31. The van der Waals surface area contributed by atoms with Crippen LogP contribution in [0.4, 0.5) is 0 Å². The third-order valence-corrected chi connectivity index (χ3v) is 1.98. The Kier molecular flexibility index (Phi) is 1.91. The van der Waals surface area contributed by atoms with E-state index in [4.69, 9.17) is 0 Å². The van der Waals surface area contributed by atoms with Gasteiger partial charge in [-0.1, -0.05) is 12.2 Å². The molecule has 1 saturated carbocycles. The van der Waals surface area contributed by atoms with Crippen LogP contribution in [-0.2, 0) is 0 Å². The molecule has 52 valence electrons. The molecule has 0 heterocycles. The Labute approximate surface area is 57.4 Å². The number of hydrogen-bond donors (Lipinski definition) is 0. The minimum atomic E-state index is 0.806. The quantitative estimate of drug-likeness (QED) is 0.506. The molecule has 0 aromatic carbocycles. The van der Waals surface area contributed by atoms with Gasteiger partial charge in [0.05, 0.1) is 0 Å². The summed E-state index contributed by atoms with van der Waals surface area (Å²) in [5.41, 5.74) is 1.45. The Balaban J connectivity index is 2.21. The van der Waals surface area contributed by atoms with Crippen molar-refractivity contribution in [2.24, 2.45) is 5.92 Å². The van der Waals surface area contributed by atoms with Crippen molar-refractivity contribution < 1.29 is 0 Å². The van der Waals surface area contributed by atoms with E-state index in [0.717, 1.165) is 5.92 Å². The van der Waals surface area contributed by atoms with Crippen LogP contribution in [-0.4, -0.2) is 25.5 Å². The predicted octanol–water partition coefficient (Wildman–Crippen LogP) is 1.51. The van der Waals surface area contributed by atoms with Crippen LogP contribution in [0, 0.1) is 5.92 Å². The summed E-state index contributed by atoms with van der Waals surface area (Å²) in [7, 11) is 4.23. The Morgan fingerprint density at radius 2 is 2.33 bits per heavy atom. The zero-order valence-electron chi connectivity index (χ0n) is 6.35. The van der Waals surface area contributed by atoms with Gasteiger partial charge in [0.1, 0.15) is 0 Å². The van der Waals surface area contributed by atoms with Gasteiger partial charge in [0.15, 0.2) is 0 Å². The van der Waals surface area contributed by atoms with Crippen LogP contribution in [0.5, 0.6) is 0 Å². The van der Waals surface area contributed by atoms with Crippen LogP contribution < -0.4 is 0 Å². The van der Waals surface area contributed by atoms with E-state index in [0.29, 0.717) is 0 Å². The maximum absolute atomic E-state index is 3.97. The molecule has 0 saturated heterocycles. The Bertz CT molecular complexity index is 116. The molecule has 0 amide bonds. The molecule has 1 rings (SSSR count). The fraction of sp³-hybridized carbons (Fsp3) is 0.750. The molecule has 1 atom stereocenters. The Morgan fingerprint density at radius 1 is 1.67 bits per heavy atom. The molecular formula is C8H15N. The van der Waals surface area contributed by atoms with Crippen molar-refractivity contribution >= 4 is 0 Å². The van der Waals surface area contributed by atoms with E-state index < -0.39 is 0 Å². The first-order valence-corrected chi connectivity index (χ1v) is 3.52. The van der Waals surface area contributed by atoms with Crippen LogP contribution in [0.3, 0.4) is 0 Å². The van der Waals surface area contributed by atoms with Crippen molar-refractivity contribution in [3.63, 3.8) is 0 Å². The maximum atomic E-state index is 3.97. The Morgan fingerprint density at radius 3 is 2.44 bits per heavy atom. The molecule has 1 aliphatic rings. The summed E-state index contributed by atoms with van der Waals surface area (Å²) in [6, 6.07) is 0. The normalized spacial score (nSPS) is 26.6.